The minimum atomic E-state index is -0.925. The second kappa shape index (κ2) is 28.1. The smallest absolute Gasteiger partial charge is 0.416 e. The number of hydrogen-bond donors (Lipinski definition) is 1. The van der Waals surface area contributed by atoms with Crippen molar-refractivity contribution in [1.29, 1.82) is 0 Å². The number of carbonyl (C=O) groups excluding carboxylic acids is 5. The number of methoxy groups -OCH3 is 2. The lowest BCUT2D eigenvalue weighted by Gasteiger charge is -2.42. The normalized spacial score (nSPS) is 23.1. The molecule has 6 atom stereocenters. The molecule has 0 saturated carbocycles. The van der Waals surface area contributed by atoms with E-state index in [0.717, 1.165) is 51.4 Å². The molecular formula is C55H74N4O17. The summed E-state index contributed by atoms with van der Waals surface area (Å²) in [5.41, 5.74) is 1.16. The predicted octanol–water partition coefficient (Wildman–Crippen LogP) is 8.40. The first-order valence-electron chi connectivity index (χ1n) is 26.6. The Labute approximate surface area is 444 Å². The van der Waals surface area contributed by atoms with Crippen molar-refractivity contribution >= 4 is 47.1 Å². The Bertz CT molecular complexity index is 2210. The number of anilines is 2. The summed E-state index contributed by atoms with van der Waals surface area (Å²) in [6.45, 7) is 11.4. The molecule has 0 aliphatic carbocycles. The molecule has 4 unspecified atom stereocenters. The van der Waals surface area contributed by atoms with Crippen LogP contribution in [0.4, 0.5) is 21.0 Å². The number of amides is 4. The van der Waals surface area contributed by atoms with Crippen LogP contribution in [0.5, 0.6) is 23.0 Å². The molecule has 4 saturated heterocycles. The van der Waals surface area contributed by atoms with Crippen molar-refractivity contribution in [2.45, 2.75) is 147 Å². The number of fused-ring (bicyclic) bond motifs is 4. The van der Waals surface area contributed by atoms with E-state index in [4.69, 9.17) is 52.5 Å². The lowest BCUT2D eigenvalue weighted by Crippen LogP contribution is -2.57. The molecule has 0 aromatic heterocycles. The molecule has 1 N–H and O–H groups in total. The van der Waals surface area contributed by atoms with Crippen molar-refractivity contribution in [1.82, 2.24) is 9.80 Å². The topological polar surface area (TPSA) is 228 Å². The third-order valence-corrected chi connectivity index (χ3v) is 14.0. The summed E-state index contributed by atoms with van der Waals surface area (Å²) in [7, 11) is 2.95. The molecule has 8 rings (SSSR count). The largest absolute Gasteiger partial charge is 0.493 e. The van der Waals surface area contributed by atoms with Gasteiger partial charge in [-0.1, -0.05) is 25.3 Å². The van der Waals surface area contributed by atoms with Gasteiger partial charge in [0.2, 0.25) is 0 Å². The van der Waals surface area contributed by atoms with Crippen molar-refractivity contribution in [2.75, 3.05) is 76.8 Å². The number of carbonyl (C=O) groups is 6. The van der Waals surface area contributed by atoms with Gasteiger partial charge in [0, 0.05) is 51.3 Å². The van der Waals surface area contributed by atoms with Crippen LogP contribution in [-0.2, 0) is 38.0 Å². The van der Waals surface area contributed by atoms with E-state index in [2.05, 4.69) is 13.2 Å². The summed E-state index contributed by atoms with van der Waals surface area (Å²) >= 11 is 0. The number of Topliss-reactive ketones (excluding diaryl/α,β-unsaturated/α-hetero) is 1. The number of rotatable bonds is 20. The van der Waals surface area contributed by atoms with E-state index >= 15 is 0 Å². The lowest BCUT2D eigenvalue weighted by molar-refractivity contribution is -0.199. The fourth-order valence-electron chi connectivity index (χ4n) is 10.3. The molecule has 416 valence electrons. The highest BCUT2D eigenvalue weighted by molar-refractivity contribution is 6.07. The number of ketones is 1. The molecule has 6 heterocycles. The Morgan fingerprint density at radius 2 is 1.05 bits per heavy atom. The average Bonchev–Trinajstić information content (AvgIpc) is 3.59. The summed E-state index contributed by atoms with van der Waals surface area (Å²) in [6.07, 6.45) is 10.1. The number of piperidine rings is 2. The molecular weight excluding hydrogens is 989 g/mol. The molecule has 6 aliphatic heterocycles. The number of hydrogen-bond acceptors (Lipinski definition) is 16. The number of nitrogens with zero attached hydrogens (tertiary/aromatic N) is 4. The van der Waals surface area contributed by atoms with Crippen LogP contribution in [0.3, 0.4) is 0 Å². The maximum absolute atomic E-state index is 13.9. The monoisotopic (exact) mass is 1060 g/mol. The van der Waals surface area contributed by atoms with Gasteiger partial charge in [-0.3, -0.25) is 14.4 Å². The Morgan fingerprint density at radius 1 is 0.618 bits per heavy atom. The van der Waals surface area contributed by atoms with Gasteiger partial charge >= 0.3 is 18.2 Å². The van der Waals surface area contributed by atoms with Crippen LogP contribution in [0.2, 0.25) is 0 Å². The molecule has 76 heavy (non-hydrogen) atoms. The van der Waals surface area contributed by atoms with Gasteiger partial charge in [-0.25, -0.2) is 19.4 Å². The first-order valence-corrected chi connectivity index (χ1v) is 26.6. The van der Waals surface area contributed by atoms with Gasteiger partial charge < -0.3 is 67.1 Å². The van der Waals surface area contributed by atoms with Crippen molar-refractivity contribution in [3.05, 3.63) is 60.7 Å². The van der Waals surface area contributed by atoms with Gasteiger partial charge in [0.15, 0.2) is 48.0 Å². The zero-order valence-electron chi connectivity index (χ0n) is 44.1. The van der Waals surface area contributed by atoms with Crippen LogP contribution in [0.15, 0.2) is 49.6 Å². The van der Waals surface area contributed by atoms with E-state index in [1.54, 1.807) is 34.1 Å². The Balaban J connectivity index is 0.000000221. The summed E-state index contributed by atoms with van der Waals surface area (Å²) in [5, 5.41) is 8.95. The van der Waals surface area contributed by atoms with Crippen LogP contribution < -0.4 is 28.7 Å². The number of ether oxygens (including phenoxy) is 10. The minimum absolute atomic E-state index is 0.00417. The molecule has 4 amide bonds. The van der Waals surface area contributed by atoms with Crippen LogP contribution in [0.25, 0.3) is 0 Å². The molecule has 21 heteroatoms. The zero-order valence-corrected chi connectivity index (χ0v) is 44.1. The summed E-state index contributed by atoms with van der Waals surface area (Å²) in [4.78, 5) is 83.6. The van der Waals surface area contributed by atoms with Crippen molar-refractivity contribution in [3.63, 3.8) is 0 Å². The highest BCUT2D eigenvalue weighted by Gasteiger charge is 2.49. The molecule has 2 aromatic rings. The number of benzene rings is 2. The maximum Gasteiger partial charge on any atom is 0.416 e. The zero-order chi connectivity index (χ0) is 54.1. The number of carboxylic acid groups (broad SMARTS) is 1. The molecule has 4 fully saturated rings. The quantitative estimate of drug-likeness (QED) is 0.0969. The van der Waals surface area contributed by atoms with E-state index < -0.39 is 49.2 Å². The molecule has 2 aromatic carbocycles. The van der Waals surface area contributed by atoms with E-state index in [9.17, 15) is 28.8 Å². The van der Waals surface area contributed by atoms with E-state index in [-0.39, 0.29) is 79.9 Å². The first kappa shape index (κ1) is 57.3. The number of aliphatic carboxylic acids is 1. The van der Waals surface area contributed by atoms with Gasteiger partial charge in [-0.2, -0.15) is 0 Å². The van der Waals surface area contributed by atoms with E-state index in [1.807, 2.05) is 0 Å². The average molecular weight is 1060 g/mol. The second-order valence-electron chi connectivity index (χ2n) is 19.3. The fourth-order valence-corrected chi connectivity index (χ4v) is 10.3. The van der Waals surface area contributed by atoms with Gasteiger partial charge in [0.25, 0.3) is 11.8 Å². The SMILES string of the molecule is C=CCOC(=O)N1c2cc(OCCCC(=O)O)c(OC)cc2C(=O)N2CCCC[C@H]2C1OC1CCCCO1.C=CCOC(=O)N1c2cc(OCCCC(C)=O)c(OC)cc2C(=O)N2CCCC[C@H]2C1OC1CCCCO1. The molecule has 6 aliphatic rings. The van der Waals surface area contributed by atoms with Crippen LogP contribution in [-0.4, -0.2) is 155 Å². The van der Waals surface area contributed by atoms with Crippen LogP contribution >= 0.6 is 0 Å². The highest BCUT2D eigenvalue weighted by Crippen LogP contribution is 2.44. The molecule has 0 bridgehead atoms. The third-order valence-electron chi connectivity index (χ3n) is 14.0. The van der Waals surface area contributed by atoms with Crippen LogP contribution in [0.1, 0.15) is 130 Å². The standard InChI is InChI=1S/C28H38N2O8.C27H36N2O9/c1-4-14-37-28(33)30-22-18-24(35-16-9-10-19(2)31)23(34-3)17-20(22)26(32)29-13-7-5-11-21(29)27(30)38-25-12-6-8-15-36-25;1-3-13-37-27(33)29-20-17-22(35-15-8-10-23(30)31)21(34-2)16-18(20)25(32)28-12-6-4-9-19(28)26(29)38-24-11-5-7-14-36-24/h4,17-18,21,25,27H,1,5-16H2,2-3H3;3,16-17,19,24,26H,1,4-15H2,2H3,(H,30,31)/t21-,25?,27?;19-,24?,26?/m00/s1. The molecule has 0 radical (unpaired) electrons. The minimum Gasteiger partial charge on any atom is -0.493 e. The van der Waals surface area contributed by atoms with Crippen molar-refractivity contribution in [3.8, 4) is 23.0 Å². The van der Waals surface area contributed by atoms with Gasteiger partial charge in [-0.05, 0) is 109 Å². The number of carboxylic acids is 1. The second-order valence-corrected chi connectivity index (χ2v) is 19.3. The Hall–Kier alpha value is -6.42. The third kappa shape index (κ3) is 14.1. The van der Waals surface area contributed by atoms with Gasteiger partial charge in [0.1, 0.15) is 19.0 Å². The Morgan fingerprint density at radius 3 is 1.43 bits per heavy atom. The predicted molar refractivity (Wildman–Crippen MR) is 276 cm³/mol. The summed E-state index contributed by atoms with van der Waals surface area (Å²) in [5.74, 6) is 0.00551. The molecule has 0 spiro atoms. The fraction of sp³-hybridized carbons (Fsp3) is 0.600. The van der Waals surface area contributed by atoms with Gasteiger partial charge in [0.05, 0.1) is 62.0 Å². The van der Waals surface area contributed by atoms with Gasteiger partial charge in [-0.15, -0.1) is 0 Å². The van der Waals surface area contributed by atoms with Crippen molar-refractivity contribution in [2.24, 2.45) is 0 Å². The van der Waals surface area contributed by atoms with Crippen LogP contribution in [0, 0.1) is 0 Å². The maximum atomic E-state index is 13.9. The van der Waals surface area contributed by atoms with Crippen molar-refractivity contribution < 1.29 is 81.2 Å². The highest BCUT2D eigenvalue weighted by atomic mass is 16.7. The lowest BCUT2D eigenvalue weighted by atomic mass is 10.00. The summed E-state index contributed by atoms with van der Waals surface area (Å²) in [6, 6.07) is 5.58. The summed E-state index contributed by atoms with van der Waals surface area (Å²) < 4.78 is 58.6. The van der Waals surface area contributed by atoms with E-state index in [0.29, 0.717) is 93.3 Å². The molecule has 21 nitrogen and oxygen atoms in total. The first-order chi connectivity index (χ1) is 36.9. The van der Waals surface area contributed by atoms with E-state index in [1.165, 1.54) is 43.1 Å². The Kier molecular flexibility index (Phi) is 21.2.